The number of Topliss-reactive ketones (excluding diaryl/α,β-unsaturated/α-hetero) is 1. The van der Waals surface area contributed by atoms with Crippen molar-refractivity contribution in [2.24, 2.45) is 11.8 Å². The van der Waals surface area contributed by atoms with Gasteiger partial charge in [0.25, 0.3) is 0 Å². The number of amides is 2. The van der Waals surface area contributed by atoms with Gasteiger partial charge in [-0.2, -0.15) is 0 Å². The number of urea groups is 1. The van der Waals surface area contributed by atoms with Gasteiger partial charge in [-0.1, -0.05) is 29.8 Å². The third kappa shape index (κ3) is 5.70. The van der Waals surface area contributed by atoms with Crippen molar-refractivity contribution < 1.29 is 9.59 Å². The third-order valence-electron chi connectivity index (χ3n) is 4.86. The molecule has 1 aliphatic carbocycles. The predicted octanol–water partition coefficient (Wildman–Crippen LogP) is 3.23. The molecule has 0 atom stereocenters. The fraction of sp³-hybridized carbons (Fsp3) is 0.579. The van der Waals surface area contributed by atoms with Gasteiger partial charge < -0.3 is 10.6 Å². The second kappa shape index (κ2) is 8.70. The van der Waals surface area contributed by atoms with E-state index in [0.717, 1.165) is 32.1 Å². The molecule has 0 unspecified atom stereocenters. The number of nitrogens with one attached hydrogen (secondary N) is 2. The van der Waals surface area contributed by atoms with E-state index in [0.29, 0.717) is 24.7 Å². The van der Waals surface area contributed by atoms with E-state index in [-0.39, 0.29) is 11.9 Å². The maximum Gasteiger partial charge on any atom is 0.314 e. The van der Waals surface area contributed by atoms with Gasteiger partial charge in [0.2, 0.25) is 0 Å². The molecule has 1 aromatic carbocycles. The largest absolute Gasteiger partial charge is 0.341 e. The van der Waals surface area contributed by atoms with E-state index in [1.165, 1.54) is 11.1 Å². The molecule has 0 aromatic heterocycles. The summed E-state index contributed by atoms with van der Waals surface area (Å²) in [6.45, 7) is 2.79. The van der Waals surface area contributed by atoms with Crippen LogP contribution in [0.1, 0.15) is 43.2 Å². The van der Waals surface area contributed by atoms with Crippen molar-refractivity contribution in [1.82, 2.24) is 10.6 Å². The minimum atomic E-state index is -0.124. The number of benzene rings is 1. The Bertz CT molecular complexity index is 517. The molecule has 1 aliphatic rings. The Kier molecular flexibility index (Phi) is 6.63. The number of carbonyl (C=O) groups is 2. The van der Waals surface area contributed by atoms with Crippen molar-refractivity contribution in [2.75, 3.05) is 13.6 Å². The molecule has 0 bridgehead atoms. The predicted molar refractivity (Wildman–Crippen MR) is 92.4 cm³/mol. The summed E-state index contributed by atoms with van der Waals surface area (Å²) in [7, 11) is 1.62. The van der Waals surface area contributed by atoms with Gasteiger partial charge in [-0.25, -0.2) is 4.79 Å². The fourth-order valence-electron chi connectivity index (χ4n) is 3.24. The molecule has 0 saturated heterocycles. The first kappa shape index (κ1) is 17.5. The molecule has 0 spiro atoms. The topological polar surface area (TPSA) is 58.2 Å². The van der Waals surface area contributed by atoms with Crippen molar-refractivity contribution in [1.29, 1.82) is 0 Å². The molecule has 1 saturated carbocycles. The van der Waals surface area contributed by atoms with Gasteiger partial charge in [0.1, 0.15) is 5.78 Å². The maximum atomic E-state index is 12.4. The van der Waals surface area contributed by atoms with Crippen molar-refractivity contribution >= 4 is 11.8 Å². The molecule has 0 aliphatic heterocycles. The summed E-state index contributed by atoms with van der Waals surface area (Å²) in [4.78, 5) is 23.6. The van der Waals surface area contributed by atoms with Crippen molar-refractivity contribution in [2.45, 2.75) is 45.4 Å². The van der Waals surface area contributed by atoms with Crippen LogP contribution in [0.15, 0.2) is 24.3 Å². The van der Waals surface area contributed by atoms with E-state index in [9.17, 15) is 9.59 Å². The van der Waals surface area contributed by atoms with Gasteiger partial charge in [-0.3, -0.25) is 4.79 Å². The molecular weight excluding hydrogens is 288 g/mol. The van der Waals surface area contributed by atoms with E-state index >= 15 is 0 Å². The molecular formula is C19H28N2O2. The van der Waals surface area contributed by atoms with Crippen LogP contribution < -0.4 is 10.6 Å². The Morgan fingerprint density at radius 2 is 1.74 bits per heavy atom. The zero-order chi connectivity index (χ0) is 16.7. The van der Waals surface area contributed by atoms with E-state index in [1.807, 2.05) is 0 Å². The number of hydrogen-bond acceptors (Lipinski definition) is 2. The lowest BCUT2D eigenvalue weighted by Gasteiger charge is -2.27. The SMILES string of the molecule is CNC(=O)NCC1CCC(C(=O)CCc2ccc(C)cc2)CC1. The van der Waals surface area contributed by atoms with Crippen LogP contribution in [0.25, 0.3) is 0 Å². The first-order valence-corrected chi connectivity index (χ1v) is 8.62. The summed E-state index contributed by atoms with van der Waals surface area (Å²) >= 11 is 0. The highest BCUT2D eigenvalue weighted by Gasteiger charge is 2.25. The number of carbonyl (C=O) groups excluding carboxylic acids is 2. The van der Waals surface area contributed by atoms with Crippen LogP contribution in [0, 0.1) is 18.8 Å². The number of rotatable bonds is 6. The highest BCUT2D eigenvalue weighted by atomic mass is 16.2. The highest BCUT2D eigenvalue weighted by Crippen LogP contribution is 2.30. The Labute approximate surface area is 139 Å². The van der Waals surface area contributed by atoms with Gasteiger partial charge >= 0.3 is 6.03 Å². The van der Waals surface area contributed by atoms with Gasteiger partial charge in [-0.15, -0.1) is 0 Å². The lowest BCUT2D eigenvalue weighted by atomic mass is 9.79. The standard InChI is InChI=1S/C19H28N2O2/c1-14-3-5-15(6-4-14)9-12-18(22)17-10-7-16(8-11-17)13-21-19(23)20-2/h3-6,16-17H,7-13H2,1-2H3,(H2,20,21,23). The Hall–Kier alpha value is -1.84. The molecule has 0 heterocycles. The lowest BCUT2D eigenvalue weighted by Crippen LogP contribution is -2.37. The second-order valence-corrected chi connectivity index (χ2v) is 6.63. The van der Waals surface area contributed by atoms with Crippen LogP contribution in [-0.2, 0) is 11.2 Å². The average molecular weight is 316 g/mol. The van der Waals surface area contributed by atoms with Gasteiger partial charge in [0, 0.05) is 25.9 Å². The quantitative estimate of drug-likeness (QED) is 0.846. The Morgan fingerprint density at radius 3 is 2.35 bits per heavy atom. The van der Waals surface area contributed by atoms with Crippen molar-refractivity contribution in [3.05, 3.63) is 35.4 Å². The summed E-state index contributed by atoms with van der Waals surface area (Å²) in [5, 5.41) is 5.43. The van der Waals surface area contributed by atoms with Gasteiger partial charge in [0.05, 0.1) is 0 Å². The molecule has 2 N–H and O–H groups in total. The molecule has 23 heavy (non-hydrogen) atoms. The zero-order valence-corrected chi connectivity index (χ0v) is 14.2. The van der Waals surface area contributed by atoms with Crippen LogP contribution in [-0.4, -0.2) is 25.4 Å². The third-order valence-corrected chi connectivity index (χ3v) is 4.86. The average Bonchev–Trinajstić information content (AvgIpc) is 2.59. The minimum Gasteiger partial charge on any atom is -0.341 e. The Morgan fingerprint density at radius 1 is 1.09 bits per heavy atom. The van der Waals surface area contributed by atoms with E-state index in [1.54, 1.807) is 7.05 Å². The molecule has 0 radical (unpaired) electrons. The van der Waals surface area contributed by atoms with E-state index in [4.69, 9.17) is 0 Å². The molecule has 1 aromatic rings. The molecule has 1 fully saturated rings. The fourth-order valence-corrected chi connectivity index (χ4v) is 3.24. The van der Waals surface area contributed by atoms with Crippen molar-refractivity contribution in [3.63, 3.8) is 0 Å². The summed E-state index contributed by atoms with van der Waals surface area (Å²) in [6.07, 6.45) is 5.49. The number of ketones is 1. The Balaban J connectivity index is 1.69. The van der Waals surface area contributed by atoms with Gasteiger partial charge in [-0.05, 0) is 50.5 Å². The first-order chi connectivity index (χ1) is 11.1. The molecule has 4 nitrogen and oxygen atoms in total. The lowest BCUT2D eigenvalue weighted by molar-refractivity contribution is -0.124. The smallest absolute Gasteiger partial charge is 0.314 e. The summed E-state index contributed by atoms with van der Waals surface area (Å²) < 4.78 is 0. The highest BCUT2D eigenvalue weighted by molar-refractivity contribution is 5.81. The molecule has 2 rings (SSSR count). The van der Waals surface area contributed by atoms with Gasteiger partial charge in [0.15, 0.2) is 0 Å². The minimum absolute atomic E-state index is 0.124. The molecule has 2 amide bonds. The second-order valence-electron chi connectivity index (χ2n) is 6.63. The van der Waals surface area contributed by atoms with Crippen LogP contribution >= 0.6 is 0 Å². The van der Waals surface area contributed by atoms with E-state index in [2.05, 4.69) is 41.8 Å². The summed E-state index contributed by atoms with van der Waals surface area (Å²) in [5.74, 6) is 1.13. The first-order valence-electron chi connectivity index (χ1n) is 8.62. The summed E-state index contributed by atoms with van der Waals surface area (Å²) in [5.41, 5.74) is 2.50. The molecule has 4 heteroatoms. The number of aryl methyl sites for hydroxylation is 2. The van der Waals surface area contributed by atoms with Crippen LogP contribution in [0.3, 0.4) is 0 Å². The van der Waals surface area contributed by atoms with E-state index < -0.39 is 0 Å². The van der Waals surface area contributed by atoms with Crippen LogP contribution in [0.4, 0.5) is 4.79 Å². The number of hydrogen-bond donors (Lipinski definition) is 2. The van der Waals surface area contributed by atoms with Crippen LogP contribution in [0.2, 0.25) is 0 Å². The molecule has 126 valence electrons. The van der Waals surface area contributed by atoms with Crippen molar-refractivity contribution in [3.8, 4) is 0 Å². The monoisotopic (exact) mass is 316 g/mol. The summed E-state index contributed by atoms with van der Waals surface area (Å²) in [6, 6.07) is 8.31. The zero-order valence-electron chi connectivity index (χ0n) is 14.2. The maximum absolute atomic E-state index is 12.4. The normalized spacial score (nSPS) is 20.8. The van der Waals surface area contributed by atoms with Crippen LogP contribution in [0.5, 0.6) is 0 Å².